The molecule has 0 aliphatic carbocycles. The number of ether oxygens (including phenoxy) is 1. The second-order valence-corrected chi connectivity index (χ2v) is 5.76. The van der Waals surface area contributed by atoms with Gasteiger partial charge in [-0.1, -0.05) is 0 Å². The predicted molar refractivity (Wildman–Crippen MR) is 66.1 cm³/mol. The molecule has 1 aromatic rings. The summed E-state index contributed by atoms with van der Waals surface area (Å²) in [6, 6.07) is 1.99. The van der Waals surface area contributed by atoms with E-state index in [-0.39, 0.29) is 30.5 Å². The molecule has 2 aliphatic rings. The normalized spacial score (nSPS) is 33.0. The van der Waals surface area contributed by atoms with Gasteiger partial charge in [0.1, 0.15) is 5.82 Å². The van der Waals surface area contributed by atoms with Crippen LogP contribution in [0, 0.1) is 5.82 Å². The van der Waals surface area contributed by atoms with Gasteiger partial charge in [-0.15, -0.1) is 0 Å². The maximum atomic E-state index is 13.5. The fourth-order valence-electron chi connectivity index (χ4n) is 3.17. The lowest BCUT2D eigenvalue weighted by molar-refractivity contribution is -0.138. The summed E-state index contributed by atoms with van der Waals surface area (Å²) in [6.07, 6.45) is -4.24. The number of fused-ring (bicyclic) bond motifs is 2. The van der Waals surface area contributed by atoms with Crippen LogP contribution in [0.1, 0.15) is 24.0 Å². The van der Waals surface area contributed by atoms with E-state index in [1.165, 1.54) is 0 Å². The lowest BCUT2D eigenvalue weighted by Gasteiger charge is -2.45. The van der Waals surface area contributed by atoms with E-state index in [9.17, 15) is 22.7 Å². The SMILES string of the molecule is OC1(c2cc(F)cc(C(F)(F)F)c2)CC2COCC(C1)N2. The third-order valence-electron chi connectivity index (χ3n) is 4.04. The Morgan fingerprint density at radius 3 is 2.33 bits per heavy atom. The summed E-state index contributed by atoms with van der Waals surface area (Å²) in [5.41, 5.74) is -2.56. The van der Waals surface area contributed by atoms with Crippen LogP contribution in [0.3, 0.4) is 0 Å². The van der Waals surface area contributed by atoms with Crippen molar-refractivity contribution in [1.29, 1.82) is 0 Å². The van der Waals surface area contributed by atoms with Gasteiger partial charge in [-0.2, -0.15) is 13.2 Å². The van der Waals surface area contributed by atoms with Crippen molar-refractivity contribution in [2.75, 3.05) is 13.2 Å². The monoisotopic (exact) mass is 305 g/mol. The second kappa shape index (κ2) is 4.93. The number of morpholine rings is 1. The first kappa shape index (κ1) is 14.7. The van der Waals surface area contributed by atoms with E-state index in [0.29, 0.717) is 19.3 Å². The summed E-state index contributed by atoms with van der Waals surface area (Å²) in [5.74, 6) is -0.992. The maximum absolute atomic E-state index is 13.5. The Balaban J connectivity index is 1.97. The van der Waals surface area contributed by atoms with E-state index < -0.39 is 23.2 Å². The van der Waals surface area contributed by atoms with Crippen LogP contribution in [0.5, 0.6) is 0 Å². The van der Waals surface area contributed by atoms with Crippen molar-refractivity contribution in [3.8, 4) is 0 Å². The van der Waals surface area contributed by atoms with Crippen LogP contribution in [0.4, 0.5) is 17.6 Å². The quantitative estimate of drug-likeness (QED) is 0.782. The number of nitrogens with one attached hydrogen (secondary N) is 1. The predicted octanol–water partition coefficient (Wildman–Crippen LogP) is 2.18. The highest BCUT2D eigenvalue weighted by Gasteiger charge is 2.43. The molecule has 2 unspecified atom stereocenters. The van der Waals surface area contributed by atoms with Crippen molar-refractivity contribution in [2.24, 2.45) is 0 Å². The first-order chi connectivity index (χ1) is 9.76. The largest absolute Gasteiger partial charge is 0.416 e. The highest BCUT2D eigenvalue weighted by atomic mass is 19.4. The summed E-state index contributed by atoms with van der Waals surface area (Å²) >= 11 is 0. The van der Waals surface area contributed by atoms with Gasteiger partial charge in [-0.05, 0) is 36.6 Å². The number of hydrogen-bond acceptors (Lipinski definition) is 3. The Morgan fingerprint density at radius 1 is 1.14 bits per heavy atom. The molecular formula is C14H15F4NO2. The molecule has 2 fully saturated rings. The van der Waals surface area contributed by atoms with Gasteiger partial charge in [-0.3, -0.25) is 0 Å². The number of benzene rings is 1. The third-order valence-corrected chi connectivity index (χ3v) is 4.04. The minimum atomic E-state index is -4.64. The zero-order chi connectivity index (χ0) is 15.3. The number of alkyl halides is 3. The van der Waals surface area contributed by atoms with Crippen LogP contribution in [0.2, 0.25) is 0 Å². The second-order valence-electron chi connectivity index (χ2n) is 5.76. The fourth-order valence-corrected chi connectivity index (χ4v) is 3.17. The summed E-state index contributed by atoms with van der Waals surface area (Å²) < 4.78 is 57.2. The van der Waals surface area contributed by atoms with Gasteiger partial charge in [0.05, 0.1) is 24.4 Å². The Hall–Kier alpha value is -1.18. The molecule has 0 saturated carbocycles. The highest BCUT2D eigenvalue weighted by molar-refractivity contribution is 5.32. The average molecular weight is 305 g/mol. The summed E-state index contributed by atoms with van der Waals surface area (Å²) in [6.45, 7) is 0.778. The van der Waals surface area contributed by atoms with Crippen LogP contribution in [0.15, 0.2) is 18.2 Å². The molecule has 21 heavy (non-hydrogen) atoms. The maximum Gasteiger partial charge on any atom is 0.416 e. The van der Waals surface area contributed by atoms with Gasteiger partial charge in [0.25, 0.3) is 0 Å². The molecule has 2 saturated heterocycles. The molecule has 3 nitrogen and oxygen atoms in total. The molecule has 0 amide bonds. The number of halogens is 4. The van der Waals surface area contributed by atoms with Crippen LogP contribution in [-0.2, 0) is 16.5 Å². The molecule has 2 aliphatic heterocycles. The Bertz CT molecular complexity index is 534. The molecule has 7 heteroatoms. The van der Waals surface area contributed by atoms with Crippen molar-refractivity contribution in [3.63, 3.8) is 0 Å². The van der Waals surface area contributed by atoms with E-state index in [4.69, 9.17) is 4.74 Å². The molecule has 0 radical (unpaired) electrons. The molecule has 0 aromatic heterocycles. The van der Waals surface area contributed by atoms with Gasteiger partial charge >= 0.3 is 6.18 Å². The van der Waals surface area contributed by atoms with Crippen molar-refractivity contribution >= 4 is 0 Å². The van der Waals surface area contributed by atoms with Crippen molar-refractivity contribution < 1.29 is 27.4 Å². The topological polar surface area (TPSA) is 41.5 Å². The summed E-state index contributed by atoms with van der Waals surface area (Å²) in [5, 5.41) is 14.0. The first-order valence-corrected chi connectivity index (χ1v) is 6.71. The van der Waals surface area contributed by atoms with E-state index >= 15 is 0 Å². The van der Waals surface area contributed by atoms with E-state index in [1.54, 1.807) is 0 Å². The zero-order valence-electron chi connectivity index (χ0n) is 11.1. The molecule has 2 heterocycles. The third kappa shape index (κ3) is 2.90. The van der Waals surface area contributed by atoms with Gasteiger partial charge in [0.15, 0.2) is 0 Å². The minimum Gasteiger partial charge on any atom is -0.385 e. The van der Waals surface area contributed by atoms with Crippen molar-refractivity contribution in [1.82, 2.24) is 5.32 Å². The van der Waals surface area contributed by atoms with E-state index in [1.807, 2.05) is 0 Å². The van der Waals surface area contributed by atoms with Crippen molar-refractivity contribution in [3.05, 3.63) is 35.1 Å². The summed E-state index contributed by atoms with van der Waals surface area (Å²) in [4.78, 5) is 0. The van der Waals surface area contributed by atoms with Gasteiger partial charge in [-0.25, -0.2) is 4.39 Å². The molecule has 2 N–H and O–H groups in total. The molecule has 2 bridgehead atoms. The van der Waals surface area contributed by atoms with E-state index in [2.05, 4.69) is 5.32 Å². The zero-order valence-corrected chi connectivity index (χ0v) is 11.1. The molecule has 2 atom stereocenters. The van der Waals surface area contributed by atoms with E-state index in [0.717, 1.165) is 12.1 Å². The van der Waals surface area contributed by atoms with Crippen LogP contribution < -0.4 is 5.32 Å². The molecule has 3 rings (SSSR count). The molecular weight excluding hydrogens is 290 g/mol. The highest BCUT2D eigenvalue weighted by Crippen LogP contribution is 2.39. The number of piperidine rings is 1. The Morgan fingerprint density at radius 2 is 1.76 bits per heavy atom. The summed E-state index contributed by atoms with van der Waals surface area (Å²) in [7, 11) is 0. The molecule has 116 valence electrons. The first-order valence-electron chi connectivity index (χ1n) is 6.71. The van der Waals surface area contributed by atoms with Gasteiger partial charge in [0.2, 0.25) is 0 Å². The van der Waals surface area contributed by atoms with Crippen molar-refractivity contribution in [2.45, 2.75) is 36.7 Å². The number of hydrogen-bond donors (Lipinski definition) is 2. The van der Waals surface area contributed by atoms with Crippen LogP contribution in [-0.4, -0.2) is 30.4 Å². The minimum absolute atomic E-state index is 0.0202. The Kier molecular flexibility index (Phi) is 3.46. The molecule has 0 spiro atoms. The lowest BCUT2D eigenvalue weighted by atomic mass is 9.77. The lowest BCUT2D eigenvalue weighted by Crippen LogP contribution is -2.58. The average Bonchev–Trinajstić information content (AvgIpc) is 2.36. The standard InChI is InChI=1S/C14H15F4NO2/c15-10-2-8(1-9(3-10)14(16,17)18)13(20)4-11-6-21-7-12(5-13)19-11/h1-3,11-12,19-20H,4-7H2. The fraction of sp³-hybridized carbons (Fsp3) is 0.571. The van der Waals surface area contributed by atoms with Crippen LogP contribution >= 0.6 is 0 Å². The smallest absolute Gasteiger partial charge is 0.385 e. The Labute approximate surface area is 118 Å². The van der Waals surface area contributed by atoms with Crippen LogP contribution in [0.25, 0.3) is 0 Å². The number of aliphatic hydroxyl groups is 1. The number of rotatable bonds is 1. The van der Waals surface area contributed by atoms with Gasteiger partial charge in [0, 0.05) is 12.1 Å². The molecule has 1 aromatic carbocycles. The van der Waals surface area contributed by atoms with Gasteiger partial charge < -0.3 is 15.2 Å².